The highest BCUT2D eigenvalue weighted by Gasteiger charge is 2.43. The molecule has 0 radical (unpaired) electrons. The van der Waals surface area contributed by atoms with E-state index in [1.165, 1.54) is 44.4 Å². The van der Waals surface area contributed by atoms with Gasteiger partial charge in [-0.2, -0.15) is 0 Å². The summed E-state index contributed by atoms with van der Waals surface area (Å²) in [4.78, 5) is 18.3. The Kier molecular flexibility index (Phi) is 5.73. The molecule has 2 rings (SSSR count). The number of carbonyl (C=O) groups excluding carboxylic acids is 1. The van der Waals surface area contributed by atoms with Crippen molar-refractivity contribution in [3.63, 3.8) is 0 Å². The van der Waals surface area contributed by atoms with Gasteiger partial charge in [-0.15, -0.1) is 11.3 Å². The molecule has 1 amide bonds. The van der Waals surface area contributed by atoms with Crippen LogP contribution in [-0.4, -0.2) is 31.2 Å². The van der Waals surface area contributed by atoms with Crippen molar-refractivity contribution >= 4 is 32.2 Å². The number of methoxy groups -OCH3 is 1. The average Bonchev–Trinajstić information content (AvgIpc) is 2.95. The fraction of sp³-hybridized carbons (Fsp3) is 0.474. The van der Waals surface area contributed by atoms with E-state index in [1.807, 2.05) is 6.92 Å². The van der Waals surface area contributed by atoms with Gasteiger partial charge < -0.3 is 10.1 Å². The van der Waals surface area contributed by atoms with Gasteiger partial charge >= 0.3 is 0 Å². The van der Waals surface area contributed by atoms with Crippen LogP contribution in [0.2, 0.25) is 0 Å². The summed E-state index contributed by atoms with van der Waals surface area (Å²) in [7, 11) is -2.40. The summed E-state index contributed by atoms with van der Waals surface area (Å²) < 4.78 is 29.4. The van der Waals surface area contributed by atoms with E-state index in [0.29, 0.717) is 10.9 Å². The minimum Gasteiger partial charge on any atom is -0.497 e. The molecule has 0 aliphatic heterocycles. The van der Waals surface area contributed by atoms with Crippen LogP contribution in [-0.2, 0) is 20.0 Å². The van der Waals surface area contributed by atoms with Crippen LogP contribution >= 0.6 is 11.3 Å². The molecule has 1 heterocycles. The number of anilines is 1. The van der Waals surface area contributed by atoms with Gasteiger partial charge in [-0.1, -0.05) is 20.8 Å². The first kappa shape index (κ1) is 21.4. The first-order chi connectivity index (χ1) is 12.3. The van der Waals surface area contributed by atoms with Crippen LogP contribution < -0.4 is 10.1 Å². The highest BCUT2D eigenvalue weighted by molar-refractivity contribution is 7.93. The van der Waals surface area contributed by atoms with Crippen molar-refractivity contribution in [1.82, 2.24) is 4.98 Å². The van der Waals surface area contributed by atoms with Crippen molar-refractivity contribution in [3.8, 4) is 5.75 Å². The molecule has 2 aromatic rings. The predicted molar refractivity (Wildman–Crippen MR) is 108 cm³/mol. The van der Waals surface area contributed by atoms with Crippen LogP contribution in [0, 0.1) is 6.92 Å². The molecule has 1 N–H and O–H groups in total. The summed E-state index contributed by atoms with van der Waals surface area (Å²) in [5.41, 5.74) is 0.730. The van der Waals surface area contributed by atoms with Crippen LogP contribution in [0.25, 0.3) is 0 Å². The van der Waals surface area contributed by atoms with E-state index in [1.54, 1.807) is 12.1 Å². The quantitative estimate of drug-likeness (QED) is 0.807. The number of carbonyl (C=O) groups is 1. The number of hydrogen-bond acceptors (Lipinski definition) is 6. The molecule has 0 saturated carbocycles. The minimum atomic E-state index is -3.91. The Morgan fingerprint density at radius 2 is 1.67 bits per heavy atom. The van der Waals surface area contributed by atoms with Crippen molar-refractivity contribution < 1.29 is 17.9 Å². The van der Waals surface area contributed by atoms with Crippen molar-refractivity contribution in [2.24, 2.45) is 0 Å². The number of benzene rings is 1. The summed E-state index contributed by atoms with van der Waals surface area (Å²) in [5.74, 6) is -0.0725. The van der Waals surface area contributed by atoms with Gasteiger partial charge in [0.2, 0.25) is 5.91 Å². The first-order valence-corrected chi connectivity index (χ1v) is 10.8. The second kappa shape index (κ2) is 7.24. The lowest BCUT2D eigenvalue weighted by molar-refractivity contribution is -0.117. The van der Waals surface area contributed by atoms with Gasteiger partial charge in [0.05, 0.1) is 17.7 Å². The van der Waals surface area contributed by atoms with E-state index in [-0.39, 0.29) is 10.3 Å². The zero-order valence-electron chi connectivity index (χ0n) is 16.7. The lowest BCUT2D eigenvalue weighted by Crippen LogP contribution is -2.44. The second-order valence-corrected chi connectivity index (χ2v) is 11.3. The summed E-state index contributed by atoms with van der Waals surface area (Å²) >= 11 is 1.37. The smallest absolute Gasteiger partial charge is 0.247 e. The zero-order chi connectivity index (χ0) is 20.6. The number of amides is 1. The number of thiazole rings is 1. The maximum absolute atomic E-state index is 13.0. The third-order valence-corrected chi connectivity index (χ3v) is 8.21. The van der Waals surface area contributed by atoms with Crippen molar-refractivity contribution in [3.05, 3.63) is 34.8 Å². The van der Waals surface area contributed by atoms with E-state index >= 15 is 0 Å². The third-order valence-electron chi connectivity index (χ3n) is 4.29. The van der Waals surface area contributed by atoms with Gasteiger partial charge in [-0.3, -0.25) is 4.79 Å². The molecular weight excluding hydrogens is 384 g/mol. The Balaban J connectivity index is 2.31. The molecule has 6 nitrogen and oxygen atoms in total. The second-order valence-electron chi connectivity index (χ2n) is 7.83. The van der Waals surface area contributed by atoms with Gasteiger partial charge in [0.25, 0.3) is 0 Å². The standard InChI is InChI=1S/C19H26N2O4S2/c1-12-15(18(2,3)4)26-17(20-12)21-16(22)19(5,6)27(23,24)14-10-8-13(25-7)9-11-14/h8-11H,1-7H3,(H,20,21,22). The SMILES string of the molecule is COc1ccc(S(=O)(=O)C(C)(C)C(=O)Nc2nc(C)c(C(C)(C)C)s2)cc1. The Morgan fingerprint density at radius 3 is 2.11 bits per heavy atom. The van der Waals surface area contributed by atoms with Gasteiger partial charge in [0.15, 0.2) is 15.0 Å². The number of hydrogen-bond donors (Lipinski definition) is 1. The molecular formula is C19H26N2O4S2. The first-order valence-electron chi connectivity index (χ1n) is 8.48. The average molecular weight is 411 g/mol. The molecule has 0 spiro atoms. The number of nitrogens with zero attached hydrogens (tertiary/aromatic N) is 1. The van der Waals surface area contributed by atoms with Crippen molar-refractivity contribution in [2.75, 3.05) is 12.4 Å². The van der Waals surface area contributed by atoms with Crippen molar-refractivity contribution in [2.45, 2.75) is 56.6 Å². The molecule has 0 aliphatic carbocycles. The molecule has 0 unspecified atom stereocenters. The van der Waals surface area contributed by atoms with E-state index < -0.39 is 20.5 Å². The fourth-order valence-corrected chi connectivity index (χ4v) is 4.96. The van der Waals surface area contributed by atoms with Crippen LogP contribution in [0.4, 0.5) is 5.13 Å². The molecule has 27 heavy (non-hydrogen) atoms. The molecule has 0 saturated heterocycles. The van der Waals surface area contributed by atoms with Gasteiger partial charge in [-0.25, -0.2) is 13.4 Å². The van der Waals surface area contributed by atoms with Gasteiger partial charge in [0.1, 0.15) is 10.5 Å². The molecule has 8 heteroatoms. The van der Waals surface area contributed by atoms with Crippen LogP contribution in [0.3, 0.4) is 0 Å². The summed E-state index contributed by atoms with van der Waals surface area (Å²) in [6, 6.07) is 5.99. The molecule has 148 valence electrons. The zero-order valence-corrected chi connectivity index (χ0v) is 18.3. The molecule has 0 aliphatic rings. The summed E-state index contributed by atoms with van der Waals surface area (Å²) in [6.07, 6.45) is 0. The fourth-order valence-electron chi connectivity index (χ4n) is 2.56. The number of aromatic nitrogens is 1. The van der Waals surface area contributed by atoms with E-state index in [0.717, 1.165) is 10.6 Å². The molecule has 1 aromatic heterocycles. The number of sulfone groups is 1. The van der Waals surface area contributed by atoms with E-state index in [2.05, 4.69) is 31.1 Å². The maximum atomic E-state index is 13.0. The number of nitrogens with one attached hydrogen (secondary N) is 1. The minimum absolute atomic E-state index is 0.0640. The molecule has 0 fully saturated rings. The normalized spacial score (nSPS) is 12.7. The van der Waals surface area contributed by atoms with E-state index in [9.17, 15) is 13.2 Å². The lowest BCUT2D eigenvalue weighted by atomic mass is 9.94. The van der Waals surface area contributed by atoms with Crippen molar-refractivity contribution in [1.29, 1.82) is 0 Å². The van der Waals surface area contributed by atoms with Gasteiger partial charge in [0, 0.05) is 4.88 Å². The Bertz CT molecular complexity index is 937. The predicted octanol–water partition coefficient (Wildman–Crippen LogP) is 3.95. The lowest BCUT2D eigenvalue weighted by Gasteiger charge is -2.23. The number of rotatable bonds is 5. The maximum Gasteiger partial charge on any atom is 0.247 e. The number of aryl methyl sites for hydroxylation is 1. The molecule has 0 bridgehead atoms. The number of ether oxygens (including phenoxy) is 1. The largest absolute Gasteiger partial charge is 0.497 e. The summed E-state index contributed by atoms with van der Waals surface area (Å²) in [6.45, 7) is 10.9. The Morgan fingerprint density at radius 1 is 1.11 bits per heavy atom. The Hall–Kier alpha value is -1.93. The monoisotopic (exact) mass is 410 g/mol. The van der Waals surface area contributed by atoms with E-state index in [4.69, 9.17) is 4.74 Å². The van der Waals surface area contributed by atoms with Crippen LogP contribution in [0.5, 0.6) is 5.75 Å². The third kappa shape index (κ3) is 4.16. The Labute approximate surface area is 164 Å². The highest BCUT2D eigenvalue weighted by Crippen LogP contribution is 2.34. The summed E-state index contributed by atoms with van der Waals surface area (Å²) in [5, 5.41) is 3.08. The molecule has 1 aromatic carbocycles. The molecule has 0 atom stereocenters. The highest BCUT2D eigenvalue weighted by atomic mass is 32.2. The van der Waals surface area contributed by atoms with Crippen LogP contribution in [0.15, 0.2) is 29.2 Å². The van der Waals surface area contributed by atoms with Gasteiger partial charge in [-0.05, 0) is 50.5 Å². The topological polar surface area (TPSA) is 85.4 Å². The van der Waals surface area contributed by atoms with Crippen LogP contribution in [0.1, 0.15) is 45.2 Å².